The molecule has 6 nitrogen and oxygen atoms in total. The van der Waals surface area contributed by atoms with Crippen LogP contribution in [0, 0.1) is 15.5 Å². The number of anilines is 1. The third kappa shape index (κ3) is 5.69. The van der Waals surface area contributed by atoms with Gasteiger partial charge in [-0.05, 0) is 36.9 Å². The number of halogens is 1. The highest BCUT2D eigenvalue weighted by molar-refractivity contribution is 6.31. The lowest BCUT2D eigenvalue weighted by atomic mass is 9.84. The Bertz CT molecular complexity index is 532. The summed E-state index contributed by atoms with van der Waals surface area (Å²) in [5.74, 6) is -0.273. The SMILES string of the molecule is CC(C)(CCN)CCC(=O)Nc1cc(Cl)ccc1[N+](=O)[O-]. The number of rotatable bonds is 7. The van der Waals surface area contributed by atoms with Crippen molar-refractivity contribution < 1.29 is 9.72 Å². The van der Waals surface area contributed by atoms with Crippen LogP contribution in [-0.4, -0.2) is 17.4 Å². The van der Waals surface area contributed by atoms with Gasteiger partial charge in [-0.2, -0.15) is 0 Å². The number of nitro benzene ring substituents is 1. The Kier molecular flexibility index (Phi) is 6.11. The molecule has 0 aliphatic carbocycles. The van der Waals surface area contributed by atoms with Crippen molar-refractivity contribution in [2.75, 3.05) is 11.9 Å². The van der Waals surface area contributed by atoms with Gasteiger partial charge >= 0.3 is 0 Å². The molecule has 0 heterocycles. The minimum absolute atomic E-state index is 0.0354. The van der Waals surface area contributed by atoms with Crippen LogP contribution >= 0.6 is 11.6 Å². The van der Waals surface area contributed by atoms with Crippen LogP contribution in [0.3, 0.4) is 0 Å². The van der Waals surface area contributed by atoms with E-state index in [1.165, 1.54) is 18.2 Å². The second-order valence-corrected chi connectivity index (χ2v) is 6.11. The molecule has 0 fully saturated rings. The van der Waals surface area contributed by atoms with E-state index in [9.17, 15) is 14.9 Å². The van der Waals surface area contributed by atoms with Crippen LogP contribution in [0.15, 0.2) is 18.2 Å². The fourth-order valence-corrected chi connectivity index (χ4v) is 2.12. The van der Waals surface area contributed by atoms with Crippen molar-refractivity contribution in [1.29, 1.82) is 0 Å². The van der Waals surface area contributed by atoms with Crippen LogP contribution in [0.25, 0.3) is 0 Å². The molecule has 0 radical (unpaired) electrons. The first-order valence-electron chi connectivity index (χ1n) is 6.69. The number of carbonyl (C=O) groups is 1. The van der Waals surface area contributed by atoms with Crippen molar-refractivity contribution in [3.05, 3.63) is 33.3 Å². The molecule has 0 aromatic heterocycles. The van der Waals surface area contributed by atoms with Crippen LogP contribution < -0.4 is 11.1 Å². The molecule has 0 unspecified atom stereocenters. The Labute approximate surface area is 128 Å². The van der Waals surface area contributed by atoms with Gasteiger partial charge in [0.25, 0.3) is 5.69 Å². The maximum absolute atomic E-state index is 11.9. The smallest absolute Gasteiger partial charge is 0.292 e. The fourth-order valence-electron chi connectivity index (χ4n) is 1.95. The number of nitrogens with zero attached hydrogens (tertiary/aromatic N) is 1. The number of hydrogen-bond acceptors (Lipinski definition) is 4. The van der Waals surface area contributed by atoms with E-state index >= 15 is 0 Å². The zero-order chi connectivity index (χ0) is 16.0. The van der Waals surface area contributed by atoms with Gasteiger partial charge < -0.3 is 11.1 Å². The van der Waals surface area contributed by atoms with Crippen molar-refractivity contribution in [2.24, 2.45) is 11.1 Å². The summed E-state index contributed by atoms with van der Waals surface area (Å²) in [6.07, 6.45) is 1.75. The average Bonchev–Trinajstić information content (AvgIpc) is 2.36. The molecule has 1 aromatic rings. The van der Waals surface area contributed by atoms with Crippen molar-refractivity contribution in [2.45, 2.75) is 33.1 Å². The first kappa shape index (κ1) is 17.4. The summed E-state index contributed by atoms with van der Waals surface area (Å²) in [5, 5.41) is 13.8. The number of nitro groups is 1. The zero-order valence-corrected chi connectivity index (χ0v) is 12.9. The van der Waals surface area contributed by atoms with E-state index in [1.54, 1.807) is 0 Å². The molecule has 1 aromatic carbocycles. The van der Waals surface area contributed by atoms with E-state index in [-0.39, 0.29) is 29.1 Å². The van der Waals surface area contributed by atoms with E-state index in [2.05, 4.69) is 5.32 Å². The van der Waals surface area contributed by atoms with Gasteiger partial charge in [-0.15, -0.1) is 0 Å². The molecule has 0 bridgehead atoms. The predicted molar refractivity (Wildman–Crippen MR) is 83.4 cm³/mol. The van der Waals surface area contributed by atoms with Crippen LogP contribution in [0.4, 0.5) is 11.4 Å². The number of hydrogen-bond donors (Lipinski definition) is 2. The predicted octanol–water partition coefficient (Wildman–Crippen LogP) is 3.34. The molecule has 0 spiro atoms. The van der Waals surface area contributed by atoms with E-state index in [1.807, 2.05) is 13.8 Å². The molecule has 0 aliphatic rings. The highest BCUT2D eigenvalue weighted by atomic mass is 35.5. The average molecular weight is 314 g/mol. The van der Waals surface area contributed by atoms with Gasteiger partial charge in [0.05, 0.1) is 4.92 Å². The van der Waals surface area contributed by atoms with E-state index < -0.39 is 4.92 Å². The van der Waals surface area contributed by atoms with Gasteiger partial charge in [-0.25, -0.2) is 0 Å². The molecule has 21 heavy (non-hydrogen) atoms. The molecule has 1 amide bonds. The van der Waals surface area contributed by atoms with Gasteiger partial charge in [0.15, 0.2) is 0 Å². The van der Waals surface area contributed by atoms with Gasteiger partial charge in [-0.3, -0.25) is 14.9 Å². The summed E-state index contributed by atoms with van der Waals surface area (Å²) in [4.78, 5) is 22.3. The Hall–Kier alpha value is -1.66. The van der Waals surface area contributed by atoms with Crippen molar-refractivity contribution in [1.82, 2.24) is 0 Å². The molecule has 7 heteroatoms. The summed E-state index contributed by atoms with van der Waals surface area (Å²) in [6.45, 7) is 4.64. The molecule has 1 rings (SSSR count). The minimum Gasteiger partial charge on any atom is -0.330 e. The van der Waals surface area contributed by atoms with Gasteiger partial charge in [0.1, 0.15) is 5.69 Å². The topological polar surface area (TPSA) is 98.3 Å². The second kappa shape index (κ2) is 7.38. The first-order valence-corrected chi connectivity index (χ1v) is 7.07. The number of nitrogens with one attached hydrogen (secondary N) is 1. The molecule has 3 N–H and O–H groups in total. The Balaban J connectivity index is 2.71. The maximum Gasteiger partial charge on any atom is 0.292 e. The summed E-state index contributed by atoms with van der Waals surface area (Å²) < 4.78 is 0. The maximum atomic E-state index is 11.9. The van der Waals surface area contributed by atoms with Crippen molar-refractivity contribution in [3.8, 4) is 0 Å². The Morgan fingerprint density at radius 1 is 1.43 bits per heavy atom. The lowest BCUT2D eigenvalue weighted by Gasteiger charge is -2.23. The number of nitrogens with two attached hydrogens (primary N) is 1. The van der Waals surface area contributed by atoms with Crippen molar-refractivity contribution in [3.63, 3.8) is 0 Å². The zero-order valence-electron chi connectivity index (χ0n) is 12.2. The Morgan fingerprint density at radius 3 is 2.67 bits per heavy atom. The first-order chi connectivity index (χ1) is 9.75. The largest absolute Gasteiger partial charge is 0.330 e. The highest BCUT2D eigenvalue weighted by Crippen LogP contribution is 2.29. The molecular formula is C14H20ClN3O3. The molecule has 0 saturated carbocycles. The summed E-state index contributed by atoms with van der Waals surface area (Å²) in [6, 6.07) is 4.07. The van der Waals surface area contributed by atoms with Crippen molar-refractivity contribution >= 4 is 28.9 Å². The highest BCUT2D eigenvalue weighted by Gasteiger charge is 2.20. The van der Waals surface area contributed by atoms with E-state index in [4.69, 9.17) is 17.3 Å². The lowest BCUT2D eigenvalue weighted by molar-refractivity contribution is -0.383. The van der Waals surface area contributed by atoms with Crippen LogP contribution in [-0.2, 0) is 4.79 Å². The number of amides is 1. The van der Waals surface area contributed by atoms with Gasteiger partial charge in [0, 0.05) is 17.5 Å². The normalized spacial score (nSPS) is 11.2. The van der Waals surface area contributed by atoms with Crippen LogP contribution in [0.1, 0.15) is 33.1 Å². The minimum atomic E-state index is -0.551. The molecular weight excluding hydrogens is 294 g/mol. The van der Waals surface area contributed by atoms with Gasteiger partial charge in [-0.1, -0.05) is 25.4 Å². The molecule has 116 valence electrons. The second-order valence-electron chi connectivity index (χ2n) is 5.67. The lowest BCUT2D eigenvalue weighted by Crippen LogP contribution is -2.21. The van der Waals surface area contributed by atoms with Crippen LogP contribution in [0.5, 0.6) is 0 Å². The van der Waals surface area contributed by atoms with E-state index in [0.29, 0.717) is 18.0 Å². The fraction of sp³-hybridized carbons (Fsp3) is 0.500. The quantitative estimate of drug-likeness (QED) is 0.595. The van der Waals surface area contributed by atoms with E-state index in [0.717, 1.165) is 6.42 Å². The molecule has 0 atom stereocenters. The molecule has 0 aliphatic heterocycles. The number of benzene rings is 1. The van der Waals surface area contributed by atoms with Gasteiger partial charge in [0.2, 0.25) is 5.91 Å². The third-order valence-corrected chi connectivity index (χ3v) is 3.51. The Morgan fingerprint density at radius 2 is 2.10 bits per heavy atom. The number of carbonyl (C=O) groups excluding carboxylic acids is 1. The van der Waals surface area contributed by atoms with Crippen LogP contribution in [0.2, 0.25) is 5.02 Å². The third-order valence-electron chi connectivity index (χ3n) is 3.28. The standard InChI is InChI=1S/C14H20ClN3O3/c1-14(2,7-8-16)6-5-13(19)17-11-9-10(15)3-4-12(11)18(20)21/h3-4,9H,5-8,16H2,1-2H3,(H,17,19). The summed E-state index contributed by atoms with van der Waals surface area (Å²) in [7, 11) is 0. The monoisotopic (exact) mass is 313 g/mol. The summed E-state index contributed by atoms with van der Waals surface area (Å²) in [5.41, 5.74) is 5.44. The molecule has 0 saturated heterocycles. The summed E-state index contributed by atoms with van der Waals surface area (Å²) >= 11 is 5.81.